The zero-order valence-corrected chi connectivity index (χ0v) is 25.2. The first-order valence-electron chi connectivity index (χ1n) is 14.2. The molecule has 0 aliphatic carbocycles. The van der Waals surface area contributed by atoms with Crippen LogP contribution in [0.1, 0.15) is 24.0 Å². The molecule has 0 radical (unpaired) electrons. The summed E-state index contributed by atoms with van der Waals surface area (Å²) in [6, 6.07) is 11.2. The summed E-state index contributed by atoms with van der Waals surface area (Å²) in [4.78, 5) is 29.1. The maximum Gasteiger partial charge on any atom is 0.416 e. The Hall–Kier alpha value is -4.62. The number of carbonyl (C=O) groups is 2. The molecule has 1 aromatic heterocycles. The fraction of sp³-hybridized carbons (Fsp3) is 0.281. The van der Waals surface area contributed by atoms with Crippen molar-refractivity contribution in [3.05, 3.63) is 82.8 Å². The van der Waals surface area contributed by atoms with E-state index in [1.807, 2.05) is 0 Å². The average Bonchev–Trinajstić information content (AvgIpc) is 3.04. The van der Waals surface area contributed by atoms with Crippen molar-refractivity contribution < 1.29 is 41.4 Å². The van der Waals surface area contributed by atoms with Gasteiger partial charge in [-0.2, -0.15) is 13.2 Å². The maximum absolute atomic E-state index is 15.1. The number of rotatable bonds is 9. The van der Waals surface area contributed by atoms with Crippen LogP contribution in [0, 0.1) is 11.7 Å². The molecule has 5 rings (SSSR count). The summed E-state index contributed by atoms with van der Waals surface area (Å²) in [5.41, 5.74) is -0.583. The molecule has 0 spiro atoms. The summed E-state index contributed by atoms with van der Waals surface area (Å²) < 4.78 is 71.6. The van der Waals surface area contributed by atoms with Crippen molar-refractivity contribution in [2.75, 3.05) is 32.1 Å². The second-order valence-corrected chi connectivity index (χ2v) is 10.9. The first-order valence-corrected chi connectivity index (χ1v) is 14.6. The number of nitrogens with one attached hydrogen (secondary N) is 3. The molecule has 0 saturated carbocycles. The van der Waals surface area contributed by atoms with Crippen LogP contribution in [0.2, 0.25) is 5.02 Å². The highest BCUT2D eigenvalue weighted by Gasteiger charge is 2.31. The van der Waals surface area contributed by atoms with Gasteiger partial charge < -0.3 is 30.2 Å². The van der Waals surface area contributed by atoms with Gasteiger partial charge in [-0.15, -0.1) is 0 Å². The molecule has 9 nitrogen and oxygen atoms in total. The van der Waals surface area contributed by atoms with E-state index in [1.54, 1.807) is 18.2 Å². The Bertz CT molecular complexity index is 1750. The second kappa shape index (κ2) is 14.2. The van der Waals surface area contributed by atoms with Gasteiger partial charge in [-0.05, 0) is 85.9 Å². The first kappa shape index (κ1) is 32.8. The monoisotopic (exact) mass is 660 g/mol. The van der Waals surface area contributed by atoms with Crippen LogP contribution in [0.25, 0.3) is 10.9 Å². The summed E-state index contributed by atoms with van der Waals surface area (Å²) in [5.74, 6) is -1.66. The Morgan fingerprint density at radius 3 is 2.48 bits per heavy atom. The number of methoxy groups -OCH3 is 1. The molecule has 0 bridgehead atoms. The number of fused-ring (bicyclic) bond motifs is 1. The SMILES string of the molecule is COc1c(OCC2CCNCC2)ccc2c(Oc3ccc(NC(=O)C(=O)NCc4cc(C(F)(F)F)ccc4Cl)cc3F)ccnc12. The van der Waals surface area contributed by atoms with Crippen LogP contribution in [-0.4, -0.2) is 43.6 Å². The average molecular weight is 661 g/mol. The quantitative estimate of drug-likeness (QED) is 0.139. The van der Waals surface area contributed by atoms with Gasteiger partial charge in [-0.1, -0.05) is 11.6 Å². The minimum absolute atomic E-state index is 0.0202. The zero-order chi connectivity index (χ0) is 32.8. The van der Waals surface area contributed by atoms with Crippen molar-refractivity contribution in [3.8, 4) is 23.0 Å². The highest BCUT2D eigenvalue weighted by molar-refractivity contribution is 6.39. The van der Waals surface area contributed by atoms with Gasteiger partial charge in [0.1, 0.15) is 11.3 Å². The molecular weight excluding hydrogens is 632 g/mol. The van der Waals surface area contributed by atoms with Gasteiger partial charge in [0.05, 0.1) is 19.3 Å². The molecule has 1 saturated heterocycles. The van der Waals surface area contributed by atoms with E-state index in [1.165, 1.54) is 25.4 Å². The van der Waals surface area contributed by atoms with Gasteiger partial charge in [0.2, 0.25) is 0 Å². The summed E-state index contributed by atoms with van der Waals surface area (Å²) in [7, 11) is 1.51. The normalized spacial score (nSPS) is 13.7. The number of alkyl halides is 3. The van der Waals surface area contributed by atoms with E-state index in [4.69, 9.17) is 25.8 Å². The van der Waals surface area contributed by atoms with E-state index < -0.39 is 35.9 Å². The molecule has 4 aromatic rings. The van der Waals surface area contributed by atoms with Gasteiger partial charge in [-0.25, -0.2) is 4.39 Å². The molecule has 0 unspecified atom stereocenters. The number of piperidine rings is 1. The fourth-order valence-electron chi connectivity index (χ4n) is 4.91. The highest BCUT2D eigenvalue weighted by atomic mass is 35.5. The smallest absolute Gasteiger partial charge is 0.416 e. The molecule has 0 atom stereocenters. The number of carbonyl (C=O) groups excluding carboxylic acids is 2. The standard InChI is InChI=1S/C32H29ClF4N4O5/c1-44-29-27(45-17-18-8-11-38-12-9-18)7-4-22-25(10-13-39-28(22)29)46-26-6-3-21(15-24(26)34)41-31(43)30(42)40-16-19-14-20(32(35,36)37)2-5-23(19)33/h2-7,10,13-15,18,38H,8-9,11-12,16-17H2,1H3,(H,40,42)(H,41,43). The lowest BCUT2D eigenvalue weighted by Crippen LogP contribution is -2.35. The Kier molecular flexibility index (Phi) is 10.1. The molecule has 46 heavy (non-hydrogen) atoms. The Labute approximate surface area is 266 Å². The van der Waals surface area contributed by atoms with Crippen molar-refractivity contribution in [3.63, 3.8) is 0 Å². The second-order valence-electron chi connectivity index (χ2n) is 10.5. The summed E-state index contributed by atoms with van der Waals surface area (Å²) in [6.45, 7) is 2.01. The number of nitrogens with zero attached hydrogens (tertiary/aromatic N) is 1. The number of amides is 2. The summed E-state index contributed by atoms with van der Waals surface area (Å²) in [6.07, 6.45) is -1.07. The minimum atomic E-state index is -4.61. The molecule has 1 aliphatic heterocycles. The van der Waals surface area contributed by atoms with Crippen molar-refractivity contribution >= 4 is 40.0 Å². The molecule has 1 aliphatic rings. The van der Waals surface area contributed by atoms with Gasteiger partial charge in [-0.3, -0.25) is 14.6 Å². The maximum atomic E-state index is 15.1. The number of hydrogen-bond acceptors (Lipinski definition) is 7. The molecule has 2 amide bonds. The first-order chi connectivity index (χ1) is 22.0. The topological polar surface area (TPSA) is 111 Å². The number of halogens is 5. The van der Waals surface area contributed by atoms with Crippen LogP contribution in [0.4, 0.5) is 23.2 Å². The lowest BCUT2D eigenvalue weighted by atomic mass is 9.99. The van der Waals surface area contributed by atoms with Gasteiger partial charge >= 0.3 is 18.0 Å². The molecule has 242 valence electrons. The van der Waals surface area contributed by atoms with Crippen molar-refractivity contribution in [1.82, 2.24) is 15.6 Å². The van der Waals surface area contributed by atoms with E-state index >= 15 is 4.39 Å². The van der Waals surface area contributed by atoms with Crippen LogP contribution < -0.4 is 30.2 Å². The van der Waals surface area contributed by atoms with E-state index in [9.17, 15) is 22.8 Å². The lowest BCUT2D eigenvalue weighted by molar-refractivity contribution is -0.137. The van der Waals surface area contributed by atoms with Gasteiger partial charge in [0, 0.05) is 34.9 Å². The number of hydrogen-bond donors (Lipinski definition) is 3. The Balaban J connectivity index is 1.23. The predicted molar refractivity (Wildman–Crippen MR) is 163 cm³/mol. The third-order valence-corrected chi connectivity index (χ3v) is 7.72. The van der Waals surface area contributed by atoms with Gasteiger partial charge in [0.15, 0.2) is 23.1 Å². The third-order valence-electron chi connectivity index (χ3n) is 7.36. The molecule has 2 heterocycles. The van der Waals surface area contributed by atoms with E-state index in [2.05, 4.69) is 20.9 Å². The van der Waals surface area contributed by atoms with E-state index in [-0.39, 0.29) is 27.8 Å². The number of benzene rings is 3. The van der Waals surface area contributed by atoms with Crippen molar-refractivity contribution in [2.24, 2.45) is 5.92 Å². The number of pyridine rings is 1. The lowest BCUT2D eigenvalue weighted by Gasteiger charge is -2.23. The summed E-state index contributed by atoms with van der Waals surface area (Å²) in [5, 5.41) is 8.30. The Morgan fingerprint density at radius 2 is 1.76 bits per heavy atom. The van der Waals surface area contributed by atoms with Crippen LogP contribution in [-0.2, 0) is 22.3 Å². The molecule has 3 N–H and O–H groups in total. The van der Waals surface area contributed by atoms with Gasteiger partial charge in [0.25, 0.3) is 0 Å². The van der Waals surface area contributed by atoms with Crippen LogP contribution >= 0.6 is 11.6 Å². The van der Waals surface area contributed by atoms with Crippen molar-refractivity contribution in [2.45, 2.75) is 25.6 Å². The van der Waals surface area contributed by atoms with Crippen LogP contribution in [0.5, 0.6) is 23.0 Å². The highest BCUT2D eigenvalue weighted by Crippen LogP contribution is 2.40. The molecule has 3 aromatic carbocycles. The largest absolute Gasteiger partial charge is 0.491 e. The van der Waals surface area contributed by atoms with E-state index in [0.717, 1.165) is 50.2 Å². The van der Waals surface area contributed by atoms with Crippen LogP contribution in [0.3, 0.4) is 0 Å². The fourth-order valence-corrected chi connectivity index (χ4v) is 5.10. The van der Waals surface area contributed by atoms with Crippen LogP contribution in [0.15, 0.2) is 60.8 Å². The molecule has 1 fully saturated rings. The number of anilines is 1. The predicted octanol–water partition coefficient (Wildman–Crippen LogP) is 6.48. The van der Waals surface area contributed by atoms with E-state index in [0.29, 0.717) is 34.9 Å². The number of ether oxygens (including phenoxy) is 3. The zero-order valence-electron chi connectivity index (χ0n) is 24.5. The Morgan fingerprint density at radius 1 is 1.00 bits per heavy atom. The van der Waals surface area contributed by atoms with Crippen molar-refractivity contribution in [1.29, 1.82) is 0 Å². The summed E-state index contributed by atoms with van der Waals surface area (Å²) >= 11 is 5.93. The minimum Gasteiger partial charge on any atom is -0.491 e. The third kappa shape index (κ3) is 7.77. The number of aromatic nitrogens is 1. The molecular formula is C32H29ClF4N4O5. The molecule has 14 heteroatoms.